The lowest BCUT2D eigenvalue weighted by atomic mass is 9.94. The van der Waals surface area contributed by atoms with Crippen LogP contribution < -0.4 is 15.8 Å². The molecule has 0 spiro atoms. The minimum Gasteiger partial charge on any atom is -0.493 e. The van der Waals surface area contributed by atoms with Gasteiger partial charge >= 0.3 is 0 Å². The highest BCUT2D eigenvalue weighted by molar-refractivity contribution is 7.93. The molecule has 2 heterocycles. The number of ether oxygens (including phenoxy) is 1. The second kappa shape index (κ2) is 7.47. The largest absolute Gasteiger partial charge is 0.493 e. The van der Waals surface area contributed by atoms with Crippen LogP contribution in [-0.2, 0) is 9.84 Å². The van der Waals surface area contributed by atoms with Gasteiger partial charge in [-0.05, 0) is 38.5 Å². The van der Waals surface area contributed by atoms with E-state index in [4.69, 9.17) is 20.4 Å². The molecule has 3 rings (SSSR count). The van der Waals surface area contributed by atoms with E-state index >= 15 is 0 Å². The summed E-state index contributed by atoms with van der Waals surface area (Å²) in [5.41, 5.74) is 6.63. The third-order valence-electron chi connectivity index (χ3n) is 5.01. The molecule has 156 valence electrons. The first-order valence-electron chi connectivity index (χ1n) is 8.96. The summed E-state index contributed by atoms with van der Waals surface area (Å²) in [4.78, 5) is 16.1. The van der Waals surface area contributed by atoms with Crippen LogP contribution in [0.3, 0.4) is 0 Å². The van der Waals surface area contributed by atoms with E-state index in [2.05, 4.69) is 15.5 Å². The van der Waals surface area contributed by atoms with E-state index in [1.165, 1.54) is 13.8 Å². The topological polar surface area (TPSA) is 161 Å². The number of anilines is 1. The molecule has 1 aromatic heterocycles. The first kappa shape index (κ1) is 20.8. The van der Waals surface area contributed by atoms with Crippen LogP contribution in [0.5, 0.6) is 5.75 Å². The second-order valence-corrected chi connectivity index (χ2v) is 9.97. The van der Waals surface area contributed by atoms with Crippen LogP contribution in [0.25, 0.3) is 0 Å². The van der Waals surface area contributed by atoms with Gasteiger partial charge in [-0.3, -0.25) is 10.2 Å². The van der Waals surface area contributed by atoms with E-state index in [1.54, 1.807) is 25.1 Å². The number of sulfone groups is 1. The fourth-order valence-corrected chi connectivity index (χ4v) is 4.56. The Morgan fingerprint density at radius 3 is 2.76 bits per heavy atom. The third kappa shape index (κ3) is 4.09. The fourth-order valence-electron chi connectivity index (χ4n) is 2.94. The van der Waals surface area contributed by atoms with Gasteiger partial charge in [-0.25, -0.2) is 8.42 Å². The molecule has 29 heavy (non-hydrogen) atoms. The number of carbonyl (C=O) groups is 1. The summed E-state index contributed by atoms with van der Waals surface area (Å²) >= 11 is 0. The Morgan fingerprint density at radius 1 is 1.41 bits per heavy atom. The zero-order chi connectivity index (χ0) is 21.4. The number of hydrogen-bond acceptors (Lipinski definition) is 8. The van der Waals surface area contributed by atoms with E-state index in [9.17, 15) is 13.2 Å². The fraction of sp³-hybridized carbons (Fsp3) is 0.444. The predicted octanol–water partition coefficient (Wildman–Crippen LogP) is 1.63. The number of amides is 1. The lowest BCUT2D eigenvalue weighted by Crippen LogP contribution is -2.47. The quantitative estimate of drug-likeness (QED) is 0.468. The number of rotatable bonds is 6. The number of aryl methyl sites for hydroxylation is 1. The third-order valence-corrected chi connectivity index (χ3v) is 7.62. The highest BCUT2D eigenvalue weighted by Gasteiger charge is 2.40. The molecule has 0 bridgehead atoms. The second-order valence-electron chi connectivity index (χ2n) is 7.38. The van der Waals surface area contributed by atoms with Gasteiger partial charge in [0.05, 0.1) is 12.4 Å². The molecule has 10 nitrogen and oxygen atoms in total. The SMILES string of the molecule is Cc1nc(C(=O)Nc2ccc3c(c2)C(CS(=O)(=O)C(C)(C)C(=N)N)CCO3)no1. The van der Waals surface area contributed by atoms with Gasteiger partial charge in [0.2, 0.25) is 5.89 Å². The minimum atomic E-state index is -3.70. The Labute approximate surface area is 168 Å². The highest BCUT2D eigenvalue weighted by Crippen LogP contribution is 2.38. The number of aromatic nitrogens is 2. The number of amidine groups is 1. The molecular weight excluding hydrogens is 398 g/mol. The molecule has 0 saturated heterocycles. The van der Waals surface area contributed by atoms with E-state index in [-0.39, 0.29) is 23.4 Å². The number of nitrogens with zero attached hydrogens (tertiary/aromatic N) is 2. The zero-order valence-corrected chi connectivity index (χ0v) is 17.2. The molecule has 4 N–H and O–H groups in total. The van der Waals surface area contributed by atoms with Gasteiger partial charge in [0, 0.05) is 24.1 Å². The molecule has 1 unspecified atom stereocenters. The molecule has 11 heteroatoms. The summed E-state index contributed by atoms with van der Waals surface area (Å²) in [5, 5.41) is 13.9. The smallest absolute Gasteiger partial charge is 0.297 e. The molecule has 1 aromatic carbocycles. The Balaban J connectivity index is 1.86. The van der Waals surface area contributed by atoms with Crippen molar-refractivity contribution in [3.63, 3.8) is 0 Å². The maximum Gasteiger partial charge on any atom is 0.297 e. The van der Waals surface area contributed by atoms with Crippen molar-refractivity contribution < 1.29 is 22.5 Å². The number of nitrogens with one attached hydrogen (secondary N) is 2. The number of nitrogens with two attached hydrogens (primary N) is 1. The van der Waals surface area contributed by atoms with Crippen LogP contribution in [-0.4, -0.2) is 47.4 Å². The van der Waals surface area contributed by atoms with Crippen molar-refractivity contribution in [3.8, 4) is 5.75 Å². The van der Waals surface area contributed by atoms with E-state index < -0.39 is 26.3 Å². The van der Waals surface area contributed by atoms with Gasteiger partial charge in [0.15, 0.2) is 9.84 Å². The molecule has 2 aromatic rings. The Hall–Kier alpha value is -2.95. The number of benzene rings is 1. The van der Waals surface area contributed by atoms with Crippen molar-refractivity contribution in [2.75, 3.05) is 17.7 Å². The Morgan fingerprint density at radius 2 is 2.14 bits per heavy atom. The molecule has 0 radical (unpaired) electrons. The monoisotopic (exact) mass is 421 g/mol. The van der Waals surface area contributed by atoms with Crippen molar-refractivity contribution in [1.29, 1.82) is 5.41 Å². The molecule has 0 saturated carbocycles. The van der Waals surface area contributed by atoms with Crippen molar-refractivity contribution in [2.24, 2.45) is 5.73 Å². The molecule has 0 fully saturated rings. The number of carbonyl (C=O) groups excluding carboxylic acids is 1. The van der Waals surface area contributed by atoms with Gasteiger partial charge in [-0.2, -0.15) is 4.98 Å². The average molecular weight is 421 g/mol. The first-order chi connectivity index (χ1) is 13.5. The standard InChI is InChI=1S/C18H23N5O5S/c1-10-21-15(23-28-10)16(24)22-12-4-5-14-13(8-12)11(6-7-27-14)9-29(25,26)18(2,3)17(19)20/h4-5,8,11H,6-7,9H2,1-3H3,(H3,19,20)(H,22,24). The lowest BCUT2D eigenvalue weighted by Gasteiger charge is -2.30. The number of hydrogen-bond donors (Lipinski definition) is 3. The zero-order valence-electron chi connectivity index (χ0n) is 16.4. The van der Waals surface area contributed by atoms with E-state index in [0.717, 1.165) is 0 Å². The van der Waals surface area contributed by atoms with E-state index in [1.807, 2.05) is 0 Å². The summed E-state index contributed by atoms with van der Waals surface area (Å²) in [6.45, 7) is 4.80. The highest BCUT2D eigenvalue weighted by atomic mass is 32.2. The van der Waals surface area contributed by atoms with Crippen LogP contribution in [0.2, 0.25) is 0 Å². The van der Waals surface area contributed by atoms with Crippen LogP contribution in [0.15, 0.2) is 22.7 Å². The molecular formula is C18H23N5O5S. The van der Waals surface area contributed by atoms with Gasteiger partial charge < -0.3 is 20.3 Å². The summed E-state index contributed by atoms with van der Waals surface area (Å²) in [5.74, 6) is -0.748. The lowest BCUT2D eigenvalue weighted by molar-refractivity contribution is 0.101. The predicted molar refractivity (Wildman–Crippen MR) is 106 cm³/mol. The molecule has 1 atom stereocenters. The minimum absolute atomic E-state index is 0.0983. The van der Waals surface area contributed by atoms with Gasteiger partial charge in [-0.1, -0.05) is 5.16 Å². The van der Waals surface area contributed by atoms with Crippen molar-refractivity contribution in [3.05, 3.63) is 35.5 Å². The van der Waals surface area contributed by atoms with Gasteiger partial charge in [-0.15, -0.1) is 0 Å². The van der Waals surface area contributed by atoms with Crippen molar-refractivity contribution in [2.45, 2.75) is 37.9 Å². The molecule has 0 aliphatic carbocycles. The summed E-state index contributed by atoms with van der Waals surface area (Å²) in [6.07, 6.45) is 0.488. The normalized spacial score (nSPS) is 16.6. The first-order valence-corrected chi connectivity index (χ1v) is 10.6. The molecule has 1 aliphatic heterocycles. The Bertz CT molecular complexity index is 1060. The Kier molecular flexibility index (Phi) is 5.35. The van der Waals surface area contributed by atoms with Crippen LogP contribution in [0.1, 0.15) is 48.3 Å². The number of fused-ring (bicyclic) bond motifs is 1. The summed E-state index contributed by atoms with van der Waals surface area (Å²) < 4.78 is 34.7. The van der Waals surface area contributed by atoms with Crippen LogP contribution >= 0.6 is 0 Å². The van der Waals surface area contributed by atoms with Gasteiger partial charge in [0.1, 0.15) is 16.3 Å². The molecule has 1 aliphatic rings. The van der Waals surface area contributed by atoms with Crippen LogP contribution in [0, 0.1) is 12.3 Å². The summed E-state index contributed by atoms with van der Waals surface area (Å²) in [7, 11) is -3.70. The maximum atomic E-state index is 12.9. The van der Waals surface area contributed by atoms with Gasteiger partial charge in [0.25, 0.3) is 11.7 Å². The van der Waals surface area contributed by atoms with Crippen molar-refractivity contribution >= 4 is 27.3 Å². The maximum absolute atomic E-state index is 12.9. The van der Waals surface area contributed by atoms with Crippen molar-refractivity contribution in [1.82, 2.24) is 10.1 Å². The molecule has 1 amide bonds. The average Bonchev–Trinajstić information content (AvgIpc) is 3.08. The van der Waals surface area contributed by atoms with Crippen LogP contribution in [0.4, 0.5) is 5.69 Å². The summed E-state index contributed by atoms with van der Waals surface area (Å²) in [6, 6.07) is 5.02. The van der Waals surface area contributed by atoms with E-state index in [0.29, 0.717) is 30.0 Å².